The zero-order valence-corrected chi connectivity index (χ0v) is 12.4. The molecule has 0 radical (unpaired) electrons. The summed E-state index contributed by atoms with van der Waals surface area (Å²) in [6.07, 6.45) is 5.04. The number of hydrogen-bond acceptors (Lipinski definition) is 4. The molecule has 4 heteroatoms. The van der Waals surface area contributed by atoms with Crippen LogP contribution in [0.15, 0.2) is 0 Å². The second kappa shape index (κ2) is 4.49. The molecule has 18 heavy (non-hydrogen) atoms. The lowest BCUT2D eigenvalue weighted by Gasteiger charge is -2.20. The highest BCUT2D eigenvalue weighted by Crippen LogP contribution is 2.39. The smallest absolute Gasteiger partial charge is 0.185 e. The van der Waals surface area contributed by atoms with Crippen molar-refractivity contribution in [1.82, 2.24) is 10.3 Å². The Balaban J connectivity index is 1.85. The van der Waals surface area contributed by atoms with Crippen LogP contribution in [0.3, 0.4) is 0 Å². The van der Waals surface area contributed by atoms with E-state index in [-0.39, 0.29) is 0 Å². The summed E-state index contributed by atoms with van der Waals surface area (Å²) in [6.45, 7) is 7.04. The molecule has 100 valence electrons. The summed E-state index contributed by atoms with van der Waals surface area (Å²) in [6, 6.07) is 0.481. The third-order valence-corrected chi connectivity index (χ3v) is 5.43. The van der Waals surface area contributed by atoms with Gasteiger partial charge in [0.1, 0.15) is 0 Å². The fourth-order valence-electron chi connectivity index (χ4n) is 3.10. The lowest BCUT2D eigenvalue weighted by molar-refractivity contribution is 0.418. The van der Waals surface area contributed by atoms with Gasteiger partial charge in [0.05, 0.1) is 11.7 Å². The average molecular weight is 265 g/mol. The predicted molar refractivity (Wildman–Crippen MR) is 77.5 cm³/mol. The van der Waals surface area contributed by atoms with Gasteiger partial charge in [0.2, 0.25) is 0 Å². The van der Waals surface area contributed by atoms with Crippen LogP contribution >= 0.6 is 11.3 Å². The molecular formula is C14H23N3S. The summed E-state index contributed by atoms with van der Waals surface area (Å²) in [5, 5.41) is 4.66. The number of fused-ring (bicyclic) bond motifs is 1. The molecule has 0 amide bonds. The minimum Gasteiger partial charge on any atom is -0.348 e. The molecule has 3 nitrogen and oxygen atoms in total. The van der Waals surface area contributed by atoms with Gasteiger partial charge in [-0.05, 0) is 38.1 Å². The molecule has 1 aliphatic carbocycles. The molecule has 0 spiro atoms. The quantitative estimate of drug-likeness (QED) is 0.891. The number of anilines is 1. The van der Waals surface area contributed by atoms with Crippen LogP contribution in [0.5, 0.6) is 0 Å². The van der Waals surface area contributed by atoms with Crippen LogP contribution in [0.2, 0.25) is 0 Å². The van der Waals surface area contributed by atoms with Gasteiger partial charge in [-0.3, -0.25) is 0 Å². The van der Waals surface area contributed by atoms with Crippen molar-refractivity contribution < 1.29 is 0 Å². The molecule has 1 aromatic heterocycles. The Labute approximate surface area is 114 Å². The fraction of sp³-hybridized carbons (Fsp3) is 0.786. The Morgan fingerprint density at radius 2 is 2.28 bits per heavy atom. The maximum absolute atomic E-state index is 4.93. The van der Waals surface area contributed by atoms with E-state index in [4.69, 9.17) is 4.98 Å². The van der Waals surface area contributed by atoms with E-state index in [1.54, 1.807) is 0 Å². The minimum absolute atomic E-state index is 0.453. The summed E-state index contributed by atoms with van der Waals surface area (Å²) < 4.78 is 0. The molecule has 1 atom stereocenters. The van der Waals surface area contributed by atoms with Gasteiger partial charge in [-0.2, -0.15) is 0 Å². The van der Waals surface area contributed by atoms with E-state index >= 15 is 0 Å². The first-order valence-corrected chi connectivity index (χ1v) is 7.82. The molecule has 1 aliphatic heterocycles. The van der Waals surface area contributed by atoms with Crippen molar-refractivity contribution in [2.45, 2.75) is 45.6 Å². The van der Waals surface area contributed by atoms with Crippen LogP contribution in [0, 0.1) is 5.41 Å². The Kier molecular flexibility index (Phi) is 3.10. The van der Waals surface area contributed by atoms with Crippen LogP contribution in [0.4, 0.5) is 5.13 Å². The van der Waals surface area contributed by atoms with Crippen LogP contribution in [-0.2, 0) is 6.42 Å². The molecule has 0 aromatic carbocycles. The molecule has 0 bridgehead atoms. The van der Waals surface area contributed by atoms with Gasteiger partial charge in [0, 0.05) is 18.0 Å². The zero-order valence-electron chi connectivity index (χ0n) is 11.6. The summed E-state index contributed by atoms with van der Waals surface area (Å²) in [4.78, 5) is 8.93. The maximum Gasteiger partial charge on any atom is 0.185 e. The number of aromatic nitrogens is 1. The fourth-order valence-corrected chi connectivity index (χ4v) is 4.29. The third kappa shape index (κ3) is 2.16. The van der Waals surface area contributed by atoms with Crippen molar-refractivity contribution in [2.75, 3.05) is 25.0 Å². The van der Waals surface area contributed by atoms with E-state index in [0.717, 1.165) is 6.54 Å². The van der Waals surface area contributed by atoms with Crippen molar-refractivity contribution >= 4 is 16.5 Å². The van der Waals surface area contributed by atoms with Crippen molar-refractivity contribution in [3.8, 4) is 0 Å². The highest BCUT2D eigenvalue weighted by Gasteiger charge is 2.32. The highest BCUT2D eigenvalue weighted by molar-refractivity contribution is 7.15. The van der Waals surface area contributed by atoms with Gasteiger partial charge < -0.3 is 10.2 Å². The second-order valence-electron chi connectivity index (χ2n) is 6.37. The highest BCUT2D eigenvalue weighted by atomic mass is 32.1. The number of rotatable bonds is 2. The van der Waals surface area contributed by atoms with Gasteiger partial charge in [-0.15, -0.1) is 11.3 Å². The molecule has 1 N–H and O–H groups in total. The van der Waals surface area contributed by atoms with E-state index in [1.807, 2.05) is 11.3 Å². The Hall–Kier alpha value is -0.610. The molecule has 1 saturated heterocycles. The molecule has 2 heterocycles. The zero-order chi connectivity index (χ0) is 12.8. The van der Waals surface area contributed by atoms with Crippen molar-refractivity contribution in [3.05, 3.63) is 10.6 Å². The standard InChI is InChI=1S/C14H23N3S/c1-14(2)7-8-17(9-14)13-16-12-10(15-3)5-4-6-11(12)18-13/h10,15H,4-9H2,1-3H3. The van der Waals surface area contributed by atoms with E-state index in [9.17, 15) is 0 Å². The van der Waals surface area contributed by atoms with Crippen molar-refractivity contribution in [2.24, 2.45) is 5.41 Å². The number of aryl methyl sites for hydroxylation is 1. The van der Waals surface area contributed by atoms with E-state index in [1.165, 1.54) is 47.9 Å². The van der Waals surface area contributed by atoms with Crippen LogP contribution in [0.1, 0.15) is 49.7 Å². The lowest BCUT2D eigenvalue weighted by atomic mass is 9.93. The molecule has 1 unspecified atom stereocenters. The van der Waals surface area contributed by atoms with E-state index in [0.29, 0.717) is 11.5 Å². The molecule has 1 fully saturated rings. The summed E-state index contributed by atoms with van der Waals surface area (Å²) >= 11 is 1.93. The first-order valence-electron chi connectivity index (χ1n) is 7.01. The predicted octanol–water partition coefficient (Wildman–Crippen LogP) is 2.98. The van der Waals surface area contributed by atoms with Crippen LogP contribution in [0.25, 0.3) is 0 Å². The first kappa shape index (κ1) is 12.4. The average Bonchev–Trinajstić information content (AvgIpc) is 2.91. The topological polar surface area (TPSA) is 28.2 Å². The number of thiazole rings is 1. The lowest BCUT2D eigenvalue weighted by Crippen LogP contribution is -2.23. The van der Waals surface area contributed by atoms with Gasteiger partial charge in [0.25, 0.3) is 0 Å². The van der Waals surface area contributed by atoms with Crippen molar-refractivity contribution in [1.29, 1.82) is 0 Å². The molecule has 0 saturated carbocycles. The largest absolute Gasteiger partial charge is 0.348 e. The molecule has 3 rings (SSSR count). The monoisotopic (exact) mass is 265 g/mol. The Morgan fingerprint density at radius 3 is 2.94 bits per heavy atom. The van der Waals surface area contributed by atoms with Gasteiger partial charge in [-0.25, -0.2) is 4.98 Å². The molecule has 1 aromatic rings. The van der Waals surface area contributed by atoms with Gasteiger partial charge in [-0.1, -0.05) is 13.8 Å². The normalized spacial score (nSPS) is 26.4. The Bertz CT molecular complexity index is 438. The summed E-state index contributed by atoms with van der Waals surface area (Å²) in [7, 11) is 2.05. The molecular weight excluding hydrogens is 242 g/mol. The maximum atomic E-state index is 4.93. The summed E-state index contributed by atoms with van der Waals surface area (Å²) in [5.74, 6) is 0. The molecule has 2 aliphatic rings. The minimum atomic E-state index is 0.453. The third-order valence-electron chi connectivity index (χ3n) is 4.24. The summed E-state index contributed by atoms with van der Waals surface area (Å²) in [5.41, 5.74) is 1.78. The Morgan fingerprint density at radius 1 is 1.44 bits per heavy atom. The number of nitrogens with zero attached hydrogens (tertiary/aromatic N) is 2. The second-order valence-corrected chi connectivity index (χ2v) is 7.44. The van der Waals surface area contributed by atoms with Crippen LogP contribution in [-0.4, -0.2) is 25.1 Å². The van der Waals surface area contributed by atoms with E-state index < -0.39 is 0 Å². The number of hydrogen-bond donors (Lipinski definition) is 1. The van der Waals surface area contributed by atoms with Crippen LogP contribution < -0.4 is 10.2 Å². The SMILES string of the molecule is CNC1CCCc2sc(N3CCC(C)(C)C3)nc21. The number of nitrogens with one attached hydrogen (secondary N) is 1. The van der Waals surface area contributed by atoms with Gasteiger partial charge in [0.15, 0.2) is 5.13 Å². The van der Waals surface area contributed by atoms with Gasteiger partial charge >= 0.3 is 0 Å². The van der Waals surface area contributed by atoms with Crippen molar-refractivity contribution in [3.63, 3.8) is 0 Å². The first-order chi connectivity index (χ1) is 8.59. The van der Waals surface area contributed by atoms with E-state index in [2.05, 4.69) is 31.1 Å².